The van der Waals surface area contributed by atoms with Crippen molar-refractivity contribution < 1.29 is 4.42 Å². The van der Waals surface area contributed by atoms with E-state index in [0.29, 0.717) is 0 Å². The van der Waals surface area contributed by atoms with Crippen LogP contribution in [0, 0.1) is 0 Å². The van der Waals surface area contributed by atoms with Gasteiger partial charge < -0.3 is 4.42 Å². The number of thiol groups is 1. The van der Waals surface area contributed by atoms with E-state index < -0.39 is 0 Å². The lowest BCUT2D eigenvalue weighted by Gasteiger charge is -1.99. The summed E-state index contributed by atoms with van der Waals surface area (Å²) in [6.45, 7) is 0. The minimum atomic E-state index is 0.971. The predicted octanol–water partition coefficient (Wildman–Crippen LogP) is 3.24. The summed E-state index contributed by atoms with van der Waals surface area (Å²) >= 11 is 4.34. The Morgan fingerprint density at radius 2 is 1.92 bits per heavy atom. The van der Waals surface area contributed by atoms with Crippen molar-refractivity contribution in [2.75, 3.05) is 0 Å². The quantitative estimate of drug-likeness (QED) is 0.658. The van der Waals surface area contributed by atoms with Gasteiger partial charge in [0.15, 0.2) is 0 Å². The van der Waals surface area contributed by atoms with E-state index in [1.54, 1.807) is 12.5 Å². The van der Waals surface area contributed by atoms with Crippen LogP contribution in [0.2, 0.25) is 0 Å². The van der Waals surface area contributed by atoms with E-state index in [2.05, 4.69) is 12.6 Å². The Bertz CT molecular complexity index is 365. The highest BCUT2D eigenvalue weighted by Crippen LogP contribution is 2.25. The molecule has 0 bridgehead atoms. The summed E-state index contributed by atoms with van der Waals surface area (Å²) in [4.78, 5) is 0.971. The largest absolute Gasteiger partial charge is 0.472 e. The molecular weight excluding hydrogens is 168 g/mol. The first-order valence-electron chi connectivity index (χ1n) is 3.68. The van der Waals surface area contributed by atoms with E-state index in [0.717, 1.165) is 16.0 Å². The van der Waals surface area contributed by atoms with Crippen LogP contribution in [-0.2, 0) is 0 Å². The molecule has 0 unspecified atom stereocenters. The molecule has 2 aromatic rings. The van der Waals surface area contributed by atoms with Gasteiger partial charge in [0.2, 0.25) is 0 Å². The highest BCUT2D eigenvalue weighted by atomic mass is 32.1. The monoisotopic (exact) mass is 176 g/mol. The van der Waals surface area contributed by atoms with Gasteiger partial charge in [-0.2, -0.15) is 0 Å². The third-order valence-electron chi connectivity index (χ3n) is 1.74. The zero-order valence-corrected chi connectivity index (χ0v) is 7.29. The normalized spacial score (nSPS) is 10.1. The molecule has 0 radical (unpaired) electrons. The van der Waals surface area contributed by atoms with Crippen LogP contribution in [0.15, 0.2) is 52.2 Å². The number of benzene rings is 1. The Labute approximate surface area is 76.4 Å². The van der Waals surface area contributed by atoms with Gasteiger partial charge >= 0.3 is 0 Å². The van der Waals surface area contributed by atoms with Crippen molar-refractivity contribution in [1.82, 2.24) is 0 Å². The third kappa shape index (κ3) is 1.25. The number of furan rings is 1. The Balaban J connectivity index is 2.55. The SMILES string of the molecule is Sc1ccccc1-c1ccoc1. The third-order valence-corrected chi connectivity index (χ3v) is 2.13. The number of rotatable bonds is 1. The standard InChI is InChI=1S/C10H8OS/c12-10-4-2-1-3-9(10)8-5-6-11-7-8/h1-7,12H. The van der Waals surface area contributed by atoms with Gasteiger partial charge in [-0.25, -0.2) is 0 Å². The van der Waals surface area contributed by atoms with E-state index in [1.807, 2.05) is 30.3 Å². The van der Waals surface area contributed by atoms with Gasteiger partial charge in [0.05, 0.1) is 12.5 Å². The first-order chi connectivity index (χ1) is 5.88. The second kappa shape index (κ2) is 3.07. The molecule has 0 amide bonds. The molecule has 0 aliphatic rings. The molecule has 12 heavy (non-hydrogen) atoms. The van der Waals surface area contributed by atoms with Crippen molar-refractivity contribution in [2.45, 2.75) is 4.90 Å². The van der Waals surface area contributed by atoms with Gasteiger partial charge in [-0.1, -0.05) is 18.2 Å². The lowest BCUT2D eigenvalue weighted by molar-refractivity contribution is 0.568. The highest BCUT2D eigenvalue weighted by molar-refractivity contribution is 7.80. The molecule has 0 aliphatic heterocycles. The molecule has 0 spiro atoms. The van der Waals surface area contributed by atoms with Gasteiger partial charge in [-0.05, 0) is 17.7 Å². The molecule has 0 N–H and O–H groups in total. The average molecular weight is 176 g/mol. The van der Waals surface area contributed by atoms with E-state index in [9.17, 15) is 0 Å². The second-order valence-electron chi connectivity index (χ2n) is 2.53. The molecule has 1 aromatic carbocycles. The molecule has 60 valence electrons. The Morgan fingerprint density at radius 1 is 1.08 bits per heavy atom. The van der Waals surface area contributed by atoms with Gasteiger partial charge in [-0.3, -0.25) is 0 Å². The molecule has 0 atom stereocenters. The minimum Gasteiger partial charge on any atom is -0.472 e. The van der Waals surface area contributed by atoms with Crippen LogP contribution >= 0.6 is 12.6 Å². The molecule has 0 saturated heterocycles. The summed E-state index contributed by atoms with van der Waals surface area (Å²) in [5.74, 6) is 0. The topological polar surface area (TPSA) is 13.1 Å². The van der Waals surface area contributed by atoms with Crippen molar-refractivity contribution in [2.24, 2.45) is 0 Å². The molecule has 1 heterocycles. The summed E-state index contributed by atoms with van der Waals surface area (Å²) in [7, 11) is 0. The summed E-state index contributed by atoms with van der Waals surface area (Å²) in [6, 6.07) is 9.86. The predicted molar refractivity (Wildman–Crippen MR) is 51.4 cm³/mol. The first-order valence-corrected chi connectivity index (χ1v) is 4.13. The molecule has 2 heteroatoms. The summed E-state index contributed by atoms with van der Waals surface area (Å²) < 4.78 is 4.99. The number of hydrogen-bond acceptors (Lipinski definition) is 2. The minimum absolute atomic E-state index is 0.971. The maximum atomic E-state index is 4.99. The lowest BCUT2D eigenvalue weighted by atomic mass is 10.1. The summed E-state index contributed by atoms with van der Waals surface area (Å²) in [6.07, 6.45) is 3.38. The fraction of sp³-hybridized carbons (Fsp3) is 0. The van der Waals surface area contributed by atoms with Crippen LogP contribution in [0.25, 0.3) is 11.1 Å². The van der Waals surface area contributed by atoms with Crippen molar-refractivity contribution in [1.29, 1.82) is 0 Å². The molecule has 0 aliphatic carbocycles. The van der Waals surface area contributed by atoms with E-state index in [4.69, 9.17) is 4.42 Å². The second-order valence-corrected chi connectivity index (χ2v) is 3.01. The molecule has 2 rings (SSSR count). The smallest absolute Gasteiger partial charge is 0.0981 e. The van der Waals surface area contributed by atoms with Crippen LogP contribution in [-0.4, -0.2) is 0 Å². The highest BCUT2D eigenvalue weighted by Gasteiger charge is 2.00. The molecule has 1 aromatic heterocycles. The van der Waals surface area contributed by atoms with Crippen LogP contribution in [0.4, 0.5) is 0 Å². The van der Waals surface area contributed by atoms with Gasteiger partial charge in [0.1, 0.15) is 0 Å². The van der Waals surface area contributed by atoms with E-state index in [1.165, 1.54) is 0 Å². The van der Waals surface area contributed by atoms with Gasteiger partial charge in [-0.15, -0.1) is 12.6 Å². The Kier molecular flexibility index (Phi) is 1.92. The van der Waals surface area contributed by atoms with Crippen molar-refractivity contribution in [3.05, 3.63) is 42.9 Å². The van der Waals surface area contributed by atoms with Crippen LogP contribution in [0.1, 0.15) is 0 Å². The van der Waals surface area contributed by atoms with Crippen molar-refractivity contribution in [3.63, 3.8) is 0 Å². The molecule has 0 fully saturated rings. The Hall–Kier alpha value is -1.15. The molecule has 1 nitrogen and oxygen atoms in total. The Morgan fingerprint density at radius 3 is 2.58 bits per heavy atom. The van der Waals surface area contributed by atoms with Gasteiger partial charge in [0, 0.05) is 10.5 Å². The maximum absolute atomic E-state index is 4.99. The van der Waals surface area contributed by atoms with Crippen LogP contribution in [0.5, 0.6) is 0 Å². The average Bonchev–Trinajstić information content (AvgIpc) is 2.57. The van der Waals surface area contributed by atoms with Crippen molar-refractivity contribution >= 4 is 12.6 Å². The zero-order valence-electron chi connectivity index (χ0n) is 6.40. The first kappa shape index (κ1) is 7.50. The summed E-state index contributed by atoms with van der Waals surface area (Å²) in [5.41, 5.74) is 2.18. The van der Waals surface area contributed by atoms with E-state index >= 15 is 0 Å². The zero-order chi connectivity index (χ0) is 8.39. The van der Waals surface area contributed by atoms with Crippen molar-refractivity contribution in [3.8, 4) is 11.1 Å². The van der Waals surface area contributed by atoms with Crippen LogP contribution < -0.4 is 0 Å². The van der Waals surface area contributed by atoms with Crippen LogP contribution in [0.3, 0.4) is 0 Å². The molecular formula is C10H8OS. The fourth-order valence-corrected chi connectivity index (χ4v) is 1.43. The van der Waals surface area contributed by atoms with E-state index in [-0.39, 0.29) is 0 Å². The fourth-order valence-electron chi connectivity index (χ4n) is 1.14. The molecule has 0 saturated carbocycles. The number of hydrogen-bond donors (Lipinski definition) is 1. The summed E-state index contributed by atoms with van der Waals surface area (Å²) in [5, 5.41) is 0. The lowest BCUT2D eigenvalue weighted by Crippen LogP contribution is -1.74. The maximum Gasteiger partial charge on any atom is 0.0981 e. The van der Waals surface area contributed by atoms with Gasteiger partial charge in [0.25, 0.3) is 0 Å².